The molecular weight excluding hydrogens is 418 g/mol. The van der Waals surface area contributed by atoms with Gasteiger partial charge in [0.2, 0.25) is 0 Å². The number of hydrogen-bond acceptors (Lipinski definition) is 7. The lowest BCUT2D eigenvalue weighted by Crippen LogP contribution is -2.41. The smallest absolute Gasteiger partial charge is 0.377 e. The Balaban J connectivity index is 2.07. The molecule has 0 aliphatic carbocycles. The number of aromatic nitrogens is 4. The Kier molecular flexibility index (Phi) is 6.57. The molecule has 0 saturated heterocycles. The summed E-state index contributed by atoms with van der Waals surface area (Å²) in [5.74, 6) is -0.487. The molecule has 0 unspecified atom stereocenters. The molecule has 3 rings (SSSR count). The third-order valence-electron chi connectivity index (χ3n) is 4.48. The van der Waals surface area contributed by atoms with E-state index < -0.39 is 17.7 Å². The van der Waals surface area contributed by atoms with Crippen LogP contribution in [0.5, 0.6) is 11.5 Å². The molecule has 0 aliphatic rings. The molecule has 1 heterocycles. The third-order valence-corrected chi connectivity index (χ3v) is 4.48. The van der Waals surface area contributed by atoms with Crippen molar-refractivity contribution >= 4 is 17.7 Å². The summed E-state index contributed by atoms with van der Waals surface area (Å²) in [5, 5.41) is 16.9. The first-order valence-corrected chi connectivity index (χ1v) is 9.82. The SMILES string of the molecule is CCN(C(=O)n1nnn(-c2ccccc2OC)c1=O)c1cc(C(=O)O)ccc1OC(C)C. The molecule has 3 aromatic rings. The zero-order valence-corrected chi connectivity index (χ0v) is 18.1. The van der Waals surface area contributed by atoms with Gasteiger partial charge in [0, 0.05) is 6.54 Å². The molecular formula is C21H23N5O6. The number of amides is 1. The fourth-order valence-electron chi connectivity index (χ4n) is 3.06. The Morgan fingerprint density at radius 2 is 1.84 bits per heavy atom. The standard InChI is InChI=1S/C21H23N5O6/c1-5-24(16-12-14(19(27)28)10-11-18(16)32-13(2)3)20(29)26-21(30)25(22-23-26)15-8-6-7-9-17(15)31-4/h6-13H,5H2,1-4H3,(H,27,28). The maximum atomic E-state index is 13.3. The minimum Gasteiger partial charge on any atom is -0.494 e. The van der Waals surface area contributed by atoms with Crippen molar-refractivity contribution in [2.75, 3.05) is 18.6 Å². The van der Waals surface area contributed by atoms with Gasteiger partial charge in [-0.05, 0) is 61.5 Å². The van der Waals surface area contributed by atoms with Gasteiger partial charge in [-0.2, -0.15) is 4.68 Å². The van der Waals surface area contributed by atoms with Crippen LogP contribution in [0.4, 0.5) is 10.5 Å². The van der Waals surface area contributed by atoms with Crippen LogP contribution in [0.15, 0.2) is 47.3 Å². The van der Waals surface area contributed by atoms with Gasteiger partial charge in [0.05, 0.1) is 24.5 Å². The summed E-state index contributed by atoms with van der Waals surface area (Å²) in [6, 6.07) is 10.0. The van der Waals surface area contributed by atoms with E-state index in [0.29, 0.717) is 21.9 Å². The zero-order chi connectivity index (χ0) is 23.4. The lowest BCUT2D eigenvalue weighted by molar-refractivity contribution is 0.0697. The average Bonchev–Trinajstić information content (AvgIpc) is 3.15. The van der Waals surface area contributed by atoms with Gasteiger partial charge in [-0.3, -0.25) is 4.90 Å². The van der Waals surface area contributed by atoms with E-state index in [-0.39, 0.29) is 23.9 Å². The van der Waals surface area contributed by atoms with E-state index >= 15 is 0 Å². The van der Waals surface area contributed by atoms with E-state index in [1.165, 1.54) is 30.2 Å². The van der Waals surface area contributed by atoms with Gasteiger partial charge >= 0.3 is 17.7 Å². The number of tetrazole rings is 1. The molecule has 0 spiro atoms. The van der Waals surface area contributed by atoms with E-state index in [0.717, 1.165) is 4.68 Å². The number of carbonyl (C=O) groups excluding carboxylic acids is 1. The van der Waals surface area contributed by atoms with Crippen LogP contribution in [0.3, 0.4) is 0 Å². The normalized spacial score (nSPS) is 10.8. The predicted molar refractivity (Wildman–Crippen MR) is 115 cm³/mol. The first-order chi connectivity index (χ1) is 15.3. The largest absolute Gasteiger partial charge is 0.494 e. The Labute approximate surface area is 183 Å². The summed E-state index contributed by atoms with van der Waals surface area (Å²) in [7, 11) is 1.45. The number of carboxylic acid groups (broad SMARTS) is 1. The third kappa shape index (κ3) is 4.31. The Morgan fingerprint density at radius 3 is 2.47 bits per heavy atom. The second-order valence-corrected chi connectivity index (χ2v) is 6.94. The molecule has 168 valence electrons. The zero-order valence-electron chi connectivity index (χ0n) is 18.1. The summed E-state index contributed by atoms with van der Waals surface area (Å²) in [6.45, 7) is 5.40. The van der Waals surface area contributed by atoms with Gasteiger partial charge in [0.25, 0.3) is 0 Å². The monoisotopic (exact) mass is 441 g/mol. The van der Waals surface area contributed by atoms with Crippen LogP contribution in [-0.4, -0.2) is 56.7 Å². The molecule has 2 aromatic carbocycles. The number of rotatable bonds is 7. The van der Waals surface area contributed by atoms with E-state index in [1.54, 1.807) is 45.0 Å². The lowest BCUT2D eigenvalue weighted by Gasteiger charge is -2.24. The van der Waals surface area contributed by atoms with Crippen molar-refractivity contribution in [1.82, 2.24) is 19.8 Å². The number of ether oxygens (including phenoxy) is 2. The summed E-state index contributed by atoms with van der Waals surface area (Å²) in [4.78, 5) is 38.9. The van der Waals surface area contributed by atoms with Crippen LogP contribution < -0.4 is 20.1 Å². The molecule has 0 aliphatic heterocycles. The van der Waals surface area contributed by atoms with Crippen LogP contribution in [0.2, 0.25) is 0 Å². The average molecular weight is 441 g/mol. The number of nitrogens with zero attached hydrogens (tertiary/aromatic N) is 5. The lowest BCUT2D eigenvalue weighted by atomic mass is 10.1. The fraction of sp³-hybridized carbons (Fsp3) is 0.286. The number of aromatic carboxylic acids is 1. The number of benzene rings is 2. The summed E-state index contributed by atoms with van der Waals surface area (Å²) >= 11 is 0. The topological polar surface area (TPSA) is 129 Å². The Bertz CT molecular complexity index is 1200. The van der Waals surface area contributed by atoms with Gasteiger partial charge in [-0.25, -0.2) is 14.4 Å². The number of anilines is 1. The molecule has 0 radical (unpaired) electrons. The first-order valence-electron chi connectivity index (χ1n) is 9.82. The van der Waals surface area contributed by atoms with E-state index in [4.69, 9.17) is 9.47 Å². The quantitative estimate of drug-likeness (QED) is 0.554. The number of methoxy groups -OCH3 is 1. The molecule has 32 heavy (non-hydrogen) atoms. The highest BCUT2D eigenvalue weighted by Gasteiger charge is 2.26. The summed E-state index contributed by atoms with van der Waals surface area (Å²) in [6.07, 6.45) is -0.229. The van der Waals surface area contributed by atoms with Crippen LogP contribution in [-0.2, 0) is 0 Å². The van der Waals surface area contributed by atoms with Crippen LogP contribution in [0.25, 0.3) is 5.69 Å². The van der Waals surface area contributed by atoms with Crippen molar-refractivity contribution in [3.05, 3.63) is 58.5 Å². The van der Waals surface area contributed by atoms with Gasteiger partial charge < -0.3 is 14.6 Å². The van der Waals surface area contributed by atoms with Crippen molar-refractivity contribution < 1.29 is 24.2 Å². The van der Waals surface area contributed by atoms with Crippen molar-refractivity contribution in [3.8, 4) is 17.2 Å². The number of hydrogen-bond donors (Lipinski definition) is 1. The molecule has 1 amide bonds. The van der Waals surface area contributed by atoms with Crippen molar-refractivity contribution in [3.63, 3.8) is 0 Å². The summed E-state index contributed by atoms with van der Waals surface area (Å²) < 4.78 is 12.5. The minimum absolute atomic E-state index is 0.0348. The van der Waals surface area contributed by atoms with Crippen molar-refractivity contribution in [1.29, 1.82) is 0 Å². The van der Waals surface area contributed by atoms with Crippen molar-refractivity contribution in [2.45, 2.75) is 26.9 Å². The molecule has 0 saturated carbocycles. The second-order valence-electron chi connectivity index (χ2n) is 6.94. The van der Waals surface area contributed by atoms with Crippen molar-refractivity contribution in [2.24, 2.45) is 0 Å². The molecule has 11 nitrogen and oxygen atoms in total. The van der Waals surface area contributed by atoms with Crippen LogP contribution in [0, 0.1) is 0 Å². The summed E-state index contributed by atoms with van der Waals surface area (Å²) in [5.41, 5.74) is -0.324. The number of carboxylic acids is 1. The second kappa shape index (κ2) is 9.33. The number of para-hydroxylation sites is 2. The predicted octanol–water partition coefficient (Wildman–Crippen LogP) is 2.42. The highest BCUT2D eigenvalue weighted by molar-refractivity contribution is 5.97. The van der Waals surface area contributed by atoms with Crippen LogP contribution >= 0.6 is 0 Å². The fourth-order valence-corrected chi connectivity index (χ4v) is 3.06. The first kappa shape index (κ1) is 22.5. The highest BCUT2D eigenvalue weighted by Crippen LogP contribution is 2.31. The van der Waals surface area contributed by atoms with Gasteiger partial charge in [-0.1, -0.05) is 12.1 Å². The molecule has 0 atom stereocenters. The van der Waals surface area contributed by atoms with Gasteiger partial charge in [0.1, 0.15) is 17.2 Å². The maximum absolute atomic E-state index is 13.3. The van der Waals surface area contributed by atoms with Gasteiger partial charge in [0.15, 0.2) is 0 Å². The van der Waals surface area contributed by atoms with E-state index in [1.807, 2.05) is 0 Å². The molecule has 11 heteroatoms. The molecule has 1 N–H and O–H groups in total. The number of carbonyl (C=O) groups is 2. The minimum atomic E-state index is -1.16. The van der Waals surface area contributed by atoms with Gasteiger partial charge in [-0.15, -0.1) is 4.68 Å². The maximum Gasteiger partial charge on any atom is 0.377 e. The van der Waals surface area contributed by atoms with E-state index in [2.05, 4.69) is 10.4 Å². The Morgan fingerprint density at radius 1 is 1.12 bits per heavy atom. The molecule has 0 bridgehead atoms. The van der Waals surface area contributed by atoms with Crippen LogP contribution in [0.1, 0.15) is 31.1 Å². The molecule has 0 fully saturated rings. The highest BCUT2D eigenvalue weighted by atomic mass is 16.5. The Hall–Kier alpha value is -4.15. The molecule has 1 aromatic heterocycles. The van der Waals surface area contributed by atoms with E-state index in [9.17, 15) is 19.5 Å².